The maximum Gasteiger partial charge on any atom is 1.00 e. The molecule has 2 aromatic carbocycles. The van der Waals surface area contributed by atoms with Crippen molar-refractivity contribution in [3.63, 3.8) is 0 Å². The van der Waals surface area contributed by atoms with Crippen LogP contribution in [-0.4, -0.2) is 11.8 Å². The van der Waals surface area contributed by atoms with E-state index in [1.54, 1.807) is 12.1 Å². The van der Waals surface area contributed by atoms with Gasteiger partial charge in [0.2, 0.25) is 0 Å². The Labute approximate surface area is 159 Å². The molecule has 0 saturated heterocycles. The van der Waals surface area contributed by atoms with Crippen LogP contribution in [0.3, 0.4) is 0 Å². The summed E-state index contributed by atoms with van der Waals surface area (Å²) in [4.78, 5) is 23.1. The molecule has 0 aliphatic carbocycles. The fourth-order valence-corrected chi connectivity index (χ4v) is 2.43. The van der Waals surface area contributed by atoms with Gasteiger partial charge in [0.15, 0.2) is 5.78 Å². The van der Waals surface area contributed by atoms with Crippen LogP contribution in [0.4, 0.5) is 5.69 Å². The molecule has 0 fully saturated rings. The minimum absolute atomic E-state index is 0. The van der Waals surface area contributed by atoms with Gasteiger partial charge in [-0.05, 0) is 29.8 Å². The third-order valence-electron chi connectivity index (χ3n) is 2.95. The Kier molecular flexibility index (Phi) is 6.91. The van der Waals surface area contributed by atoms with Gasteiger partial charge in [0.05, 0.1) is 5.02 Å². The molecule has 7 heteroatoms. The van der Waals surface area contributed by atoms with Gasteiger partial charge in [0.25, 0.3) is 0 Å². The molecule has 0 spiro atoms. The van der Waals surface area contributed by atoms with Crippen LogP contribution < -0.4 is 40.4 Å². The molecule has 0 heterocycles. The Morgan fingerprint density at radius 2 is 1.77 bits per heavy atom. The van der Waals surface area contributed by atoms with Crippen LogP contribution in [0.5, 0.6) is 0 Å². The summed E-state index contributed by atoms with van der Waals surface area (Å²) in [7, 11) is 0. The van der Waals surface area contributed by atoms with Gasteiger partial charge < -0.3 is 15.6 Å². The van der Waals surface area contributed by atoms with Gasteiger partial charge in [-0.3, -0.25) is 4.79 Å². The number of rotatable bonds is 4. The van der Waals surface area contributed by atoms with E-state index in [9.17, 15) is 14.7 Å². The van der Waals surface area contributed by atoms with Gasteiger partial charge in [-0.25, -0.2) is 0 Å². The average Bonchev–Trinajstić information content (AvgIpc) is 2.40. The molecule has 2 rings (SSSR count). The van der Waals surface area contributed by atoms with Crippen LogP contribution >= 0.6 is 23.2 Å². The molecule has 0 aliphatic heterocycles. The number of aliphatic carboxylic acids is 1. The van der Waals surface area contributed by atoms with E-state index >= 15 is 0 Å². The summed E-state index contributed by atoms with van der Waals surface area (Å²) in [5.74, 6) is -1.66. The maximum absolute atomic E-state index is 12.5. The molecule has 2 aromatic rings. The average molecular weight is 346 g/mol. The number of hydrogen-bond acceptors (Lipinski definition) is 4. The van der Waals surface area contributed by atoms with E-state index in [0.717, 1.165) is 0 Å². The summed E-state index contributed by atoms with van der Waals surface area (Å²) in [6, 6.07) is 9.11. The number of halogens is 2. The normalized spacial score (nSPS) is 9.91. The molecule has 4 nitrogen and oxygen atoms in total. The molecule has 22 heavy (non-hydrogen) atoms. The molecule has 0 unspecified atom stereocenters. The second-order valence-electron chi connectivity index (χ2n) is 4.38. The number of carbonyl (C=O) groups is 2. The SMILES string of the molecule is Nc1c(CC(=O)[O-])cccc1C(=O)c1ccc(Cl)cc1Cl.[Na+]. The second kappa shape index (κ2) is 7.99. The Hall–Kier alpha value is -1.04. The van der Waals surface area contributed by atoms with Gasteiger partial charge in [-0.1, -0.05) is 35.3 Å². The summed E-state index contributed by atoms with van der Waals surface area (Å²) in [5.41, 5.74) is 6.74. The van der Waals surface area contributed by atoms with Gasteiger partial charge >= 0.3 is 29.6 Å². The molecule has 0 bridgehead atoms. The van der Waals surface area contributed by atoms with Crippen LogP contribution in [0, 0.1) is 0 Å². The van der Waals surface area contributed by atoms with Gasteiger partial charge in [0.1, 0.15) is 0 Å². The number of carboxylic acid groups (broad SMARTS) is 1. The molecule has 0 aliphatic rings. The van der Waals surface area contributed by atoms with Crippen LogP contribution in [0.1, 0.15) is 21.5 Å². The topological polar surface area (TPSA) is 83.2 Å². The largest absolute Gasteiger partial charge is 1.00 e. The zero-order valence-corrected chi connectivity index (χ0v) is 15.2. The third kappa shape index (κ3) is 4.24. The van der Waals surface area contributed by atoms with E-state index in [0.29, 0.717) is 10.6 Å². The molecular weight excluding hydrogens is 336 g/mol. The van der Waals surface area contributed by atoms with Crippen LogP contribution in [0.15, 0.2) is 36.4 Å². The Morgan fingerprint density at radius 1 is 1.09 bits per heavy atom. The second-order valence-corrected chi connectivity index (χ2v) is 5.22. The Balaban J connectivity index is 0.00000242. The molecule has 0 radical (unpaired) electrons. The first kappa shape index (κ1) is 19.0. The number of anilines is 1. The number of nitrogen functional groups attached to an aromatic ring is 1. The zero-order valence-electron chi connectivity index (χ0n) is 11.7. The van der Waals surface area contributed by atoms with Crippen molar-refractivity contribution in [3.05, 3.63) is 63.1 Å². The quantitative estimate of drug-likeness (QED) is 0.442. The van der Waals surface area contributed by atoms with Crippen molar-refractivity contribution in [2.75, 3.05) is 5.73 Å². The van der Waals surface area contributed by atoms with Crippen molar-refractivity contribution < 1.29 is 44.3 Å². The minimum Gasteiger partial charge on any atom is -0.550 e. The number of benzene rings is 2. The number of hydrogen-bond donors (Lipinski definition) is 1. The smallest absolute Gasteiger partial charge is 0.550 e. The standard InChI is InChI=1S/C15H11Cl2NO3.Na/c16-9-4-5-10(12(17)7-9)15(21)11-3-1-2-8(14(11)18)6-13(19)20;/h1-5,7H,6,18H2,(H,19,20);/q;+1/p-1. The van der Waals surface area contributed by atoms with Gasteiger partial charge in [-0.2, -0.15) is 0 Å². The number of nitrogens with two attached hydrogens (primary N) is 1. The van der Waals surface area contributed by atoms with Gasteiger partial charge in [0, 0.05) is 34.2 Å². The van der Waals surface area contributed by atoms with Crippen LogP contribution in [0.25, 0.3) is 0 Å². The van der Waals surface area contributed by atoms with Gasteiger partial charge in [-0.15, -0.1) is 0 Å². The molecule has 2 N–H and O–H groups in total. The number of carbonyl (C=O) groups excluding carboxylic acids is 2. The number of para-hydroxylation sites is 1. The minimum atomic E-state index is -1.27. The summed E-state index contributed by atoms with van der Waals surface area (Å²) in [6.07, 6.45) is -0.360. The van der Waals surface area contributed by atoms with Crippen LogP contribution in [0.2, 0.25) is 10.0 Å². The van der Waals surface area contributed by atoms with E-state index in [4.69, 9.17) is 28.9 Å². The predicted octanol–water partition coefficient (Wildman–Crippen LogP) is -0.897. The van der Waals surface area contributed by atoms with Crippen molar-refractivity contribution in [1.82, 2.24) is 0 Å². The molecule has 0 aromatic heterocycles. The fraction of sp³-hybridized carbons (Fsp3) is 0.0667. The van der Waals surface area contributed by atoms with Crippen molar-refractivity contribution >= 4 is 40.6 Å². The summed E-state index contributed by atoms with van der Waals surface area (Å²) in [6.45, 7) is 0. The zero-order chi connectivity index (χ0) is 15.6. The Morgan fingerprint density at radius 3 is 2.36 bits per heavy atom. The first-order chi connectivity index (χ1) is 9.90. The fourth-order valence-electron chi connectivity index (χ4n) is 1.94. The van der Waals surface area contributed by atoms with E-state index in [1.165, 1.54) is 24.3 Å². The molecule has 108 valence electrons. The van der Waals surface area contributed by atoms with E-state index < -0.39 is 11.8 Å². The molecule has 0 amide bonds. The maximum atomic E-state index is 12.5. The Bertz CT molecular complexity index is 735. The first-order valence-corrected chi connectivity index (χ1v) is 6.72. The molecular formula is C15H10Cl2NNaO3. The summed E-state index contributed by atoms with van der Waals surface area (Å²) >= 11 is 11.8. The van der Waals surface area contributed by atoms with Crippen molar-refractivity contribution in [2.24, 2.45) is 0 Å². The van der Waals surface area contributed by atoms with Crippen molar-refractivity contribution in [1.29, 1.82) is 0 Å². The predicted molar refractivity (Wildman–Crippen MR) is 79.5 cm³/mol. The first-order valence-electron chi connectivity index (χ1n) is 5.97. The van der Waals surface area contributed by atoms with Crippen molar-refractivity contribution in [3.8, 4) is 0 Å². The summed E-state index contributed by atoms with van der Waals surface area (Å²) in [5, 5.41) is 11.3. The molecule has 0 saturated carbocycles. The van der Waals surface area contributed by atoms with E-state index in [-0.39, 0.29) is 57.8 Å². The number of ketones is 1. The summed E-state index contributed by atoms with van der Waals surface area (Å²) < 4.78 is 0. The number of carboxylic acids is 1. The third-order valence-corrected chi connectivity index (χ3v) is 3.50. The van der Waals surface area contributed by atoms with Crippen LogP contribution in [-0.2, 0) is 11.2 Å². The van der Waals surface area contributed by atoms with E-state index in [2.05, 4.69) is 0 Å². The van der Waals surface area contributed by atoms with E-state index in [1.807, 2.05) is 0 Å². The molecule has 0 atom stereocenters. The monoisotopic (exact) mass is 345 g/mol. The van der Waals surface area contributed by atoms with Crippen molar-refractivity contribution in [2.45, 2.75) is 6.42 Å².